The first-order chi connectivity index (χ1) is 14.7. The van der Waals surface area contributed by atoms with E-state index in [0.717, 1.165) is 16.7 Å². The fourth-order valence-electron chi connectivity index (χ4n) is 3.43. The summed E-state index contributed by atoms with van der Waals surface area (Å²) in [6.45, 7) is 6.32. The summed E-state index contributed by atoms with van der Waals surface area (Å²) in [5.41, 5.74) is 3.14. The van der Waals surface area contributed by atoms with Crippen LogP contribution in [0, 0.1) is 13.8 Å². The zero-order valence-corrected chi connectivity index (χ0v) is 18.8. The third-order valence-corrected chi connectivity index (χ3v) is 7.20. The Kier molecular flexibility index (Phi) is 6.92. The molecule has 2 amide bonds. The van der Waals surface area contributed by atoms with E-state index in [2.05, 4.69) is 5.32 Å². The quantitative estimate of drug-likeness (QED) is 0.723. The number of rotatable bonds is 5. The van der Waals surface area contributed by atoms with Gasteiger partial charge in [-0.25, -0.2) is 8.42 Å². The lowest BCUT2D eigenvalue weighted by Crippen LogP contribution is -2.50. The Labute approximate surface area is 183 Å². The van der Waals surface area contributed by atoms with Gasteiger partial charge in [0.05, 0.1) is 4.90 Å². The van der Waals surface area contributed by atoms with E-state index in [0.29, 0.717) is 23.7 Å². The number of sulfonamides is 1. The van der Waals surface area contributed by atoms with Crippen molar-refractivity contribution in [3.63, 3.8) is 0 Å². The number of hydrogen-bond acceptors (Lipinski definition) is 4. The first-order valence-electron chi connectivity index (χ1n) is 10.1. The summed E-state index contributed by atoms with van der Waals surface area (Å²) in [5, 5.41) is 2.69. The molecule has 3 rings (SSSR count). The molecule has 1 aliphatic heterocycles. The van der Waals surface area contributed by atoms with Crippen LogP contribution < -0.4 is 5.32 Å². The monoisotopic (exact) mass is 441 g/mol. The Balaban J connectivity index is 1.60. The van der Waals surface area contributed by atoms with E-state index in [9.17, 15) is 18.0 Å². The Morgan fingerprint density at radius 1 is 0.968 bits per heavy atom. The van der Waals surface area contributed by atoms with Gasteiger partial charge >= 0.3 is 0 Å². The zero-order valence-electron chi connectivity index (χ0n) is 18.0. The van der Waals surface area contributed by atoms with Gasteiger partial charge in [-0.1, -0.05) is 24.3 Å². The summed E-state index contributed by atoms with van der Waals surface area (Å²) in [6, 6.07) is 12.6. The molecule has 1 heterocycles. The first-order valence-corrected chi connectivity index (χ1v) is 11.5. The highest BCUT2D eigenvalue weighted by molar-refractivity contribution is 7.89. The highest BCUT2D eigenvalue weighted by Gasteiger charge is 2.30. The lowest BCUT2D eigenvalue weighted by Gasteiger charge is -2.33. The largest absolute Gasteiger partial charge is 0.337 e. The molecule has 31 heavy (non-hydrogen) atoms. The van der Waals surface area contributed by atoms with Gasteiger partial charge < -0.3 is 10.2 Å². The minimum absolute atomic E-state index is 0.141. The second-order valence-corrected chi connectivity index (χ2v) is 9.54. The second kappa shape index (κ2) is 9.45. The van der Waals surface area contributed by atoms with Crippen molar-refractivity contribution >= 4 is 33.6 Å². The number of carbonyl (C=O) groups excluding carboxylic acids is 2. The number of anilines is 1. The molecule has 0 saturated carbocycles. The number of amides is 2. The van der Waals surface area contributed by atoms with Crippen LogP contribution >= 0.6 is 0 Å². The summed E-state index contributed by atoms with van der Waals surface area (Å²) in [7, 11) is -3.58. The molecule has 0 radical (unpaired) electrons. The van der Waals surface area contributed by atoms with Crippen LogP contribution in [0.4, 0.5) is 5.69 Å². The molecule has 1 aliphatic rings. The third kappa shape index (κ3) is 5.59. The molecule has 2 aromatic rings. The zero-order chi connectivity index (χ0) is 22.6. The molecule has 7 nitrogen and oxygen atoms in total. The lowest BCUT2D eigenvalue weighted by atomic mass is 10.2. The van der Waals surface area contributed by atoms with Crippen LogP contribution in [0.2, 0.25) is 0 Å². The third-order valence-electron chi connectivity index (χ3n) is 5.16. The minimum Gasteiger partial charge on any atom is -0.337 e. The molecule has 164 valence electrons. The summed E-state index contributed by atoms with van der Waals surface area (Å²) < 4.78 is 27.5. The van der Waals surface area contributed by atoms with Gasteiger partial charge in [-0.15, -0.1) is 0 Å². The smallest absolute Gasteiger partial charge is 0.246 e. The molecule has 1 saturated heterocycles. The molecule has 0 aromatic heterocycles. The minimum atomic E-state index is -3.58. The van der Waals surface area contributed by atoms with E-state index in [-0.39, 0.29) is 24.9 Å². The molecule has 0 aliphatic carbocycles. The standard InChI is InChI=1S/C23H27N3O4S/c1-17-4-5-18(2)22(16-17)31(29,30)26-14-12-25(13-15-26)23(28)11-8-20-6-9-21(10-7-20)24-19(3)27/h4-11,16H,12-15H2,1-3H3,(H,24,27)/b11-8+. The van der Waals surface area contributed by atoms with Crippen LogP contribution in [0.1, 0.15) is 23.6 Å². The van der Waals surface area contributed by atoms with Crippen LogP contribution in [0.25, 0.3) is 6.08 Å². The van der Waals surface area contributed by atoms with Gasteiger partial charge in [0, 0.05) is 44.9 Å². The van der Waals surface area contributed by atoms with Gasteiger partial charge in [-0.3, -0.25) is 9.59 Å². The van der Waals surface area contributed by atoms with Crippen molar-refractivity contribution in [2.45, 2.75) is 25.7 Å². The van der Waals surface area contributed by atoms with E-state index in [4.69, 9.17) is 0 Å². The maximum atomic E-state index is 13.0. The Hall–Kier alpha value is -2.97. The maximum Gasteiger partial charge on any atom is 0.246 e. The Morgan fingerprint density at radius 2 is 1.61 bits per heavy atom. The molecule has 0 atom stereocenters. The molecule has 0 spiro atoms. The van der Waals surface area contributed by atoms with E-state index in [1.165, 1.54) is 17.3 Å². The number of piperazine rings is 1. The molecule has 2 aromatic carbocycles. The van der Waals surface area contributed by atoms with Crippen molar-refractivity contribution in [2.75, 3.05) is 31.5 Å². The first kappa shape index (κ1) is 22.7. The van der Waals surface area contributed by atoms with Crippen LogP contribution in [0.15, 0.2) is 53.4 Å². The van der Waals surface area contributed by atoms with E-state index < -0.39 is 10.0 Å². The molecular weight excluding hydrogens is 414 g/mol. The number of benzene rings is 2. The van der Waals surface area contributed by atoms with E-state index in [1.54, 1.807) is 36.1 Å². The van der Waals surface area contributed by atoms with Gasteiger partial charge in [-0.05, 0) is 54.8 Å². The predicted molar refractivity (Wildman–Crippen MR) is 121 cm³/mol. The Bertz CT molecular complexity index is 1100. The number of nitrogens with zero attached hydrogens (tertiary/aromatic N) is 2. The number of nitrogens with one attached hydrogen (secondary N) is 1. The van der Waals surface area contributed by atoms with Crippen LogP contribution in [-0.2, 0) is 19.6 Å². The van der Waals surface area contributed by atoms with E-state index >= 15 is 0 Å². The number of aryl methyl sites for hydroxylation is 2. The molecule has 1 fully saturated rings. The molecule has 1 N–H and O–H groups in total. The number of hydrogen-bond donors (Lipinski definition) is 1. The summed E-state index contributed by atoms with van der Waals surface area (Å²) in [5.74, 6) is -0.299. The van der Waals surface area contributed by atoms with Crippen molar-refractivity contribution in [1.82, 2.24) is 9.21 Å². The predicted octanol–water partition coefficient (Wildman–Crippen LogP) is 2.81. The van der Waals surface area contributed by atoms with Crippen molar-refractivity contribution in [2.24, 2.45) is 0 Å². The SMILES string of the molecule is CC(=O)Nc1ccc(/C=C/C(=O)N2CCN(S(=O)(=O)c3cc(C)ccc3C)CC2)cc1. The van der Waals surface area contributed by atoms with Crippen molar-refractivity contribution in [1.29, 1.82) is 0 Å². The highest BCUT2D eigenvalue weighted by atomic mass is 32.2. The fourth-order valence-corrected chi connectivity index (χ4v) is 5.16. The van der Waals surface area contributed by atoms with E-state index in [1.807, 2.05) is 31.2 Å². The van der Waals surface area contributed by atoms with Gasteiger partial charge in [0.1, 0.15) is 0 Å². The highest BCUT2D eigenvalue weighted by Crippen LogP contribution is 2.22. The van der Waals surface area contributed by atoms with Gasteiger partial charge in [0.15, 0.2) is 0 Å². The van der Waals surface area contributed by atoms with Crippen molar-refractivity contribution < 1.29 is 18.0 Å². The molecule has 0 bridgehead atoms. The van der Waals surface area contributed by atoms with Crippen molar-refractivity contribution in [3.05, 3.63) is 65.2 Å². The van der Waals surface area contributed by atoms with Gasteiger partial charge in [0.25, 0.3) is 0 Å². The van der Waals surface area contributed by atoms with Crippen molar-refractivity contribution in [3.8, 4) is 0 Å². The average molecular weight is 442 g/mol. The normalized spacial score (nSPS) is 15.3. The van der Waals surface area contributed by atoms with Gasteiger partial charge in [-0.2, -0.15) is 4.31 Å². The van der Waals surface area contributed by atoms with Gasteiger partial charge in [0.2, 0.25) is 21.8 Å². The lowest BCUT2D eigenvalue weighted by molar-refractivity contribution is -0.127. The summed E-state index contributed by atoms with van der Waals surface area (Å²) in [4.78, 5) is 25.6. The second-order valence-electron chi connectivity index (χ2n) is 7.63. The molecule has 8 heteroatoms. The van der Waals surface area contributed by atoms with Crippen LogP contribution in [0.3, 0.4) is 0 Å². The topological polar surface area (TPSA) is 86.8 Å². The maximum absolute atomic E-state index is 13.0. The Morgan fingerprint density at radius 3 is 2.23 bits per heavy atom. The summed E-state index contributed by atoms with van der Waals surface area (Å²) >= 11 is 0. The molecule has 0 unspecified atom stereocenters. The van der Waals surface area contributed by atoms with Crippen LogP contribution in [0.5, 0.6) is 0 Å². The summed E-state index contributed by atoms with van der Waals surface area (Å²) in [6.07, 6.45) is 3.20. The average Bonchev–Trinajstić information content (AvgIpc) is 2.74. The number of carbonyl (C=O) groups is 2. The molecular formula is C23H27N3O4S. The fraction of sp³-hybridized carbons (Fsp3) is 0.304. The van der Waals surface area contributed by atoms with Crippen LogP contribution in [-0.4, -0.2) is 55.6 Å².